The van der Waals surface area contributed by atoms with E-state index in [0.29, 0.717) is 36.9 Å². The maximum absolute atomic E-state index is 11.8. The predicted octanol–water partition coefficient (Wildman–Crippen LogP) is 1.75. The van der Waals surface area contributed by atoms with Crippen molar-refractivity contribution in [3.63, 3.8) is 0 Å². The molecule has 21 heavy (non-hydrogen) atoms. The standard InChI is InChI=1S/C14H22N4O3/c1-4-15-14(19)11-5-6-13(18(20)21)12(9-11)17-8-7-16-10(2)3/h5-6,9-10,16-17H,4,7-8H2,1-3H3,(H,15,19). The average molecular weight is 294 g/mol. The molecule has 0 bridgehead atoms. The highest BCUT2D eigenvalue weighted by Crippen LogP contribution is 2.25. The van der Waals surface area contributed by atoms with Crippen molar-refractivity contribution in [1.82, 2.24) is 10.6 Å². The number of carbonyl (C=O) groups excluding carboxylic acids is 1. The summed E-state index contributed by atoms with van der Waals surface area (Å²) >= 11 is 0. The Balaban J connectivity index is 2.83. The maximum Gasteiger partial charge on any atom is 0.292 e. The fourth-order valence-electron chi connectivity index (χ4n) is 1.80. The molecular weight excluding hydrogens is 272 g/mol. The molecule has 0 aliphatic carbocycles. The zero-order chi connectivity index (χ0) is 15.8. The van der Waals surface area contributed by atoms with Crippen molar-refractivity contribution < 1.29 is 9.72 Å². The molecule has 0 aliphatic heterocycles. The van der Waals surface area contributed by atoms with E-state index < -0.39 is 4.92 Å². The van der Waals surface area contributed by atoms with Gasteiger partial charge in [-0.25, -0.2) is 0 Å². The predicted molar refractivity (Wildman–Crippen MR) is 82.7 cm³/mol. The summed E-state index contributed by atoms with van der Waals surface area (Å²) in [5.74, 6) is -0.240. The van der Waals surface area contributed by atoms with Crippen LogP contribution in [0.4, 0.5) is 11.4 Å². The van der Waals surface area contributed by atoms with Gasteiger partial charge >= 0.3 is 0 Å². The Kier molecular flexibility index (Phi) is 6.61. The number of rotatable bonds is 8. The van der Waals surface area contributed by atoms with E-state index >= 15 is 0 Å². The van der Waals surface area contributed by atoms with E-state index in [1.807, 2.05) is 20.8 Å². The number of hydrogen-bond acceptors (Lipinski definition) is 5. The molecule has 0 heterocycles. The van der Waals surface area contributed by atoms with E-state index in [4.69, 9.17) is 0 Å². The van der Waals surface area contributed by atoms with Crippen molar-refractivity contribution in [2.45, 2.75) is 26.8 Å². The third-order valence-corrected chi connectivity index (χ3v) is 2.79. The molecule has 3 N–H and O–H groups in total. The van der Waals surface area contributed by atoms with E-state index in [-0.39, 0.29) is 11.6 Å². The summed E-state index contributed by atoms with van der Waals surface area (Å²) < 4.78 is 0. The lowest BCUT2D eigenvalue weighted by molar-refractivity contribution is -0.384. The minimum Gasteiger partial charge on any atom is -0.378 e. The van der Waals surface area contributed by atoms with E-state index in [1.54, 1.807) is 0 Å². The van der Waals surface area contributed by atoms with Crippen LogP contribution in [0.25, 0.3) is 0 Å². The molecule has 0 radical (unpaired) electrons. The molecule has 1 aromatic carbocycles. The van der Waals surface area contributed by atoms with Gasteiger partial charge in [-0.15, -0.1) is 0 Å². The number of carbonyl (C=O) groups is 1. The van der Waals surface area contributed by atoms with E-state index in [0.717, 1.165) is 0 Å². The smallest absolute Gasteiger partial charge is 0.292 e. The topological polar surface area (TPSA) is 96.3 Å². The summed E-state index contributed by atoms with van der Waals surface area (Å²) in [6.07, 6.45) is 0. The number of hydrogen-bond donors (Lipinski definition) is 3. The van der Waals surface area contributed by atoms with Crippen LogP contribution in [0.1, 0.15) is 31.1 Å². The molecule has 0 aromatic heterocycles. The second-order valence-corrected chi connectivity index (χ2v) is 4.88. The number of amides is 1. The molecule has 0 saturated carbocycles. The quantitative estimate of drug-likeness (QED) is 0.385. The molecular formula is C14H22N4O3. The number of nitro groups is 1. The van der Waals surface area contributed by atoms with Gasteiger partial charge in [-0.2, -0.15) is 0 Å². The van der Waals surface area contributed by atoms with Gasteiger partial charge in [0.2, 0.25) is 0 Å². The van der Waals surface area contributed by atoms with Crippen molar-refractivity contribution in [2.75, 3.05) is 25.0 Å². The van der Waals surface area contributed by atoms with Crippen LogP contribution in [0.15, 0.2) is 18.2 Å². The number of anilines is 1. The Labute approximate surface area is 124 Å². The SMILES string of the molecule is CCNC(=O)c1ccc([N+](=O)[O-])c(NCCNC(C)C)c1. The van der Waals surface area contributed by atoms with Crippen molar-refractivity contribution in [1.29, 1.82) is 0 Å². The Morgan fingerprint density at radius 3 is 2.62 bits per heavy atom. The van der Waals surface area contributed by atoms with E-state index in [9.17, 15) is 14.9 Å². The molecule has 0 unspecified atom stereocenters. The monoisotopic (exact) mass is 294 g/mol. The van der Waals surface area contributed by atoms with Gasteiger partial charge in [-0.3, -0.25) is 14.9 Å². The lowest BCUT2D eigenvalue weighted by atomic mass is 10.1. The summed E-state index contributed by atoms with van der Waals surface area (Å²) in [5, 5.41) is 19.9. The summed E-state index contributed by atoms with van der Waals surface area (Å²) in [6.45, 7) is 7.60. The molecule has 0 aliphatic rings. The van der Waals surface area contributed by atoms with Crippen LogP contribution in [0, 0.1) is 10.1 Å². The highest BCUT2D eigenvalue weighted by Gasteiger charge is 2.16. The summed E-state index contributed by atoms with van der Waals surface area (Å²) in [6, 6.07) is 4.67. The third kappa shape index (κ3) is 5.39. The van der Waals surface area contributed by atoms with Crippen molar-refractivity contribution in [3.8, 4) is 0 Å². The van der Waals surface area contributed by atoms with E-state index in [2.05, 4.69) is 16.0 Å². The number of nitrogens with one attached hydrogen (secondary N) is 3. The number of nitro benzene ring substituents is 1. The molecule has 1 amide bonds. The second-order valence-electron chi connectivity index (χ2n) is 4.88. The number of benzene rings is 1. The van der Waals surface area contributed by atoms with Gasteiger partial charge in [0, 0.05) is 37.3 Å². The molecule has 1 aromatic rings. The van der Waals surface area contributed by atoms with Crippen molar-refractivity contribution >= 4 is 17.3 Å². The molecule has 7 heteroatoms. The molecule has 0 saturated heterocycles. The second kappa shape index (κ2) is 8.21. The number of nitrogens with zero attached hydrogens (tertiary/aromatic N) is 1. The van der Waals surface area contributed by atoms with Gasteiger partial charge < -0.3 is 16.0 Å². The van der Waals surface area contributed by atoms with Crippen LogP contribution in [-0.4, -0.2) is 36.5 Å². The van der Waals surface area contributed by atoms with Gasteiger partial charge in [0.05, 0.1) is 4.92 Å². The first-order valence-electron chi connectivity index (χ1n) is 6.99. The molecule has 116 valence electrons. The Bertz CT molecular complexity index is 503. The van der Waals surface area contributed by atoms with Crippen LogP contribution in [0.3, 0.4) is 0 Å². The van der Waals surface area contributed by atoms with Gasteiger partial charge in [-0.1, -0.05) is 13.8 Å². The minimum atomic E-state index is -0.459. The molecule has 7 nitrogen and oxygen atoms in total. The summed E-state index contributed by atoms with van der Waals surface area (Å²) in [7, 11) is 0. The maximum atomic E-state index is 11.8. The fraction of sp³-hybridized carbons (Fsp3) is 0.500. The van der Waals surface area contributed by atoms with E-state index in [1.165, 1.54) is 18.2 Å². The largest absolute Gasteiger partial charge is 0.378 e. The summed E-state index contributed by atoms with van der Waals surface area (Å²) in [5.41, 5.74) is 0.726. The van der Waals surface area contributed by atoms with Gasteiger partial charge in [0.15, 0.2) is 0 Å². The van der Waals surface area contributed by atoms with Crippen LogP contribution in [0.5, 0.6) is 0 Å². The average Bonchev–Trinajstić information content (AvgIpc) is 2.43. The van der Waals surface area contributed by atoms with Crippen LogP contribution >= 0.6 is 0 Å². The van der Waals surface area contributed by atoms with Crippen molar-refractivity contribution in [3.05, 3.63) is 33.9 Å². The van der Waals surface area contributed by atoms with Gasteiger partial charge in [0.1, 0.15) is 5.69 Å². The highest BCUT2D eigenvalue weighted by atomic mass is 16.6. The normalized spacial score (nSPS) is 10.5. The molecule has 0 fully saturated rings. The van der Waals surface area contributed by atoms with Crippen LogP contribution in [0.2, 0.25) is 0 Å². The summed E-state index contributed by atoms with van der Waals surface area (Å²) in [4.78, 5) is 22.3. The molecule has 0 spiro atoms. The van der Waals surface area contributed by atoms with Gasteiger partial charge in [0.25, 0.3) is 11.6 Å². The first kappa shape index (κ1) is 16.9. The fourth-order valence-corrected chi connectivity index (χ4v) is 1.80. The Morgan fingerprint density at radius 1 is 1.33 bits per heavy atom. The lowest BCUT2D eigenvalue weighted by Gasteiger charge is -2.11. The van der Waals surface area contributed by atoms with Crippen LogP contribution < -0.4 is 16.0 Å². The Morgan fingerprint density at radius 2 is 2.05 bits per heavy atom. The van der Waals surface area contributed by atoms with Crippen LogP contribution in [-0.2, 0) is 0 Å². The first-order valence-corrected chi connectivity index (χ1v) is 6.99. The lowest BCUT2D eigenvalue weighted by Crippen LogP contribution is -2.28. The van der Waals surface area contributed by atoms with Gasteiger partial charge in [-0.05, 0) is 19.1 Å². The zero-order valence-corrected chi connectivity index (χ0v) is 12.6. The Hall–Kier alpha value is -2.15. The van der Waals surface area contributed by atoms with Crippen molar-refractivity contribution in [2.24, 2.45) is 0 Å². The zero-order valence-electron chi connectivity index (χ0n) is 12.6. The minimum absolute atomic E-state index is 0.0346. The molecule has 1 rings (SSSR count). The first-order chi connectivity index (χ1) is 9.95. The highest BCUT2D eigenvalue weighted by molar-refractivity contribution is 5.95. The third-order valence-electron chi connectivity index (χ3n) is 2.79. The molecule has 0 atom stereocenters.